The summed E-state index contributed by atoms with van der Waals surface area (Å²) < 4.78 is 19.7. The van der Waals surface area contributed by atoms with Gasteiger partial charge in [-0.2, -0.15) is 5.10 Å². The van der Waals surface area contributed by atoms with Crippen LogP contribution in [0.3, 0.4) is 0 Å². The minimum absolute atomic E-state index is 0.282. The minimum Gasteiger partial charge on any atom is -0.497 e. The first-order valence-electron chi connectivity index (χ1n) is 12.8. The van der Waals surface area contributed by atoms with Gasteiger partial charge in [0.2, 0.25) is 5.88 Å². The number of methoxy groups -OCH3 is 1. The van der Waals surface area contributed by atoms with E-state index in [0.717, 1.165) is 42.0 Å². The van der Waals surface area contributed by atoms with E-state index in [1.54, 1.807) is 7.11 Å². The highest BCUT2D eigenvalue weighted by molar-refractivity contribution is 5.44. The second kappa shape index (κ2) is 11.5. The predicted octanol–water partition coefficient (Wildman–Crippen LogP) is 5.38. The van der Waals surface area contributed by atoms with Gasteiger partial charge in [-0.15, -0.1) is 0 Å². The molecule has 7 heteroatoms. The lowest BCUT2D eigenvalue weighted by atomic mass is 10.1. The van der Waals surface area contributed by atoms with Gasteiger partial charge in [0.25, 0.3) is 0 Å². The topological polar surface area (TPSA) is 69.0 Å². The third kappa shape index (κ3) is 6.87. The molecule has 194 valence electrons. The van der Waals surface area contributed by atoms with E-state index in [1.165, 1.54) is 0 Å². The zero-order chi connectivity index (χ0) is 25.7. The van der Waals surface area contributed by atoms with Crippen molar-refractivity contribution in [3.05, 3.63) is 65.9 Å². The van der Waals surface area contributed by atoms with Crippen molar-refractivity contribution in [2.75, 3.05) is 20.3 Å². The summed E-state index contributed by atoms with van der Waals surface area (Å²) in [6.07, 6.45) is 2.47. The highest BCUT2D eigenvalue weighted by Gasteiger charge is 2.33. The summed E-state index contributed by atoms with van der Waals surface area (Å²) in [5.74, 6) is 2.11. The van der Waals surface area contributed by atoms with Gasteiger partial charge in [-0.3, -0.25) is 4.90 Å². The van der Waals surface area contributed by atoms with Crippen molar-refractivity contribution in [3.8, 4) is 23.1 Å². The zero-order valence-electron chi connectivity index (χ0n) is 22.1. The molecular formula is C29H39N3O4. The van der Waals surface area contributed by atoms with Gasteiger partial charge in [-0.05, 0) is 64.3 Å². The van der Waals surface area contributed by atoms with Crippen LogP contribution in [0.1, 0.15) is 51.8 Å². The van der Waals surface area contributed by atoms with Crippen LogP contribution >= 0.6 is 0 Å². The lowest BCUT2D eigenvalue weighted by molar-refractivity contribution is -0.0573. The minimum atomic E-state index is -0.568. The van der Waals surface area contributed by atoms with Crippen molar-refractivity contribution in [1.29, 1.82) is 0 Å². The fourth-order valence-corrected chi connectivity index (χ4v) is 4.20. The quantitative estimate of drug-likeness (QED) is 0.366. The third-order valence-corrected chi connectivity index (χ3v) is 6.19. The van der Waals surface area contributed by atoms with E-state index >= 15 is 0 Å². The van der Waals surface area contributed by atoms with Crippen LogP contribution in [0.2, 0.25) is 0 Å². The number of aromatic nitrogens is 2. The summed E-state index contributed by atoms with van der Waals surface area (Å²) in [4.78, 5) is 2.35. The van der Waals surface area contributed by atoms with Crippen LogP contribution in [0.15, 0.2) is 54.6 Å². The van der Waals surface area contributed by atoms with Gasteiger partial charge in [0.05, 0.1) is 42.4 Å². The number of nitrogens with zero attached hydrogens (tertiary/aromatic N) is 3. The van der Waals surface area contributed by atoms with Crippen LogP contribution in [-0.4, -0.2) is 57.8 Å². The van der Waals surface area contributed by atoms with E-state index < -0.39 is 6.10 Å². The van der Waals surface area contributed by atoms with Gasteiger partial charge in [-0.25, -0.2) is 4.68 Å². The lowest BCUT2D eigenvalue weighted by Crippen LogP contribution is -2.38. The van der Waals surface area contributed by atoms with Gasteiger partial charge in [0, 0.05) is 25.2 Å². The second-order valence-electron chi connectivity index (χ2n) is 10.4. The van der Waals surface area contributed by atoms with Crippen molar-refractivity contribution < 1.29 is 19.3 Å². The number of hydrogen-bond acceptors (Lipinski definition) is 6. The van der Waals surface area contributed by atoms with Crippen LogP contribution in [0.25, 0.3) is 5.69 Å². The Hall–Kier alpha value is -2.87. The number of rotatable bonds is 12. The molecule has 1 aliphatic rings. The molecule has 1 saturated carbocycles. The van der Waals surface area contributed by atoms with Gasteiger partial charge in [0.1, 0.15) is 11.5 Å². The maximum absolute atomic E-state index is 10.8. The van der Waals surface area contributed by atoms with E-state index in [4.69, 9.17) is 19.3 Å². The van der Waals surface area contributed by atoms with E-state index in [-0.39, 0.29) is 5.60 Å². The fraction of sp³-hybridized carbons (Fsp3) is 0.483. The van der Waals surface area contributed by atoms with Gasteiger partial charge >= 0.3 is 0 Å². The van der Waals surface area contributed by atoms with Crippen molar-refractivity contribution in [3.63, 3.8) is 0 Å². The van der Waals surface area contributed by atoms with Crippen molar-refractivity contribution >= 4 is 0 Å². The zero-order valence-corrected chi connectivity index (χ0v) is 22.1. The molecule has 1 atom stereocenters. The summed E-state index contributed by atoms with van der Waals surface area (Å²) in [5, 5.41) is 15.7. The van der Waals surface area contributed by atoms with Crippen LogP contribution in [-0.2, 0) is 17.7 Å². The first-order valence-corrected chi connectivity index (χ1v) is 12.8. The van der Waals surface area contributed by atoms with E-state index in [0.29, 0.717) is 37.4 Å². The molecule has 3 aromatic rings. The number of para-hydroxylation sites is 1. The number of benzene rings is 2. The highest BCUT2D eigenvalue weighted by atomic mass is 16.5. The first kappa shape index (κ1) is 26.2. The molecule has 1 aromatic heterocycles. The summed E-state index contributed by atoms with van der Waals surface area (Å²) in [6, 6.07) is 18.1. The summed E-state index contributed by atoms with van der Waals surface area (Å²) >= 11 is 0. The van der Waals surface area contributed by atoms with Crippen LogP contribution < -0.4 is 9.47 Å². The normalized spacial score (nSPS) is 14.8. The molecule has 2 aromatic carbocycles. The van der Waals surface area contributed by atoms with Crippen LogP contribution in [0.4, 0.5) is 0 Å². The molecule has 0 aliphatic heterocycles. The highest BCUT2D eigenvalue weighted by Crippen LogP contribution is 2.36. The number of aryl methyl sites for hydroxylation is 1. The Morgan fingerprint density at radius 2 is 1.81 bits per heavy atom. The average molecular weight is 494 g/mol. The molecule has 1 N–H and O–H groups in total. The summed E-state index contributed by atoms with van der Waals surface area (Å²) in [6.45, 7) is 9.63. The molecule has 1 heterocycles. The standard InChI is InChI=1S/C29H39N3O4/c1-6-27-26(19-31(21-15-16-21)18-23(33)20-35-29(2,3)4)28(32(30-27)22-11-8-7-9-12-22)36-25-14-10-13-24(17-25)34-5/h7-14,17,21,23,33H,6,15-16,18-20H2,1-5H3/t23-/m0/s1. The van der Waals surface area contributed by atoms with Crippen molar-refractivity contribution in [2.45, 2.75) is 71.2 Å². The SMILES string of the molecule is CCc1nn(-c2ccccc2)c(Oc2cccc(OC)c2)c1CN(C[C@H](O)COC(C)(C)C)C1CC1. The largest absolute Gasteiger partial charge is 0.497 e. The van der Waals surface area contributed by atoms with E-state index in [2.05, 4.69) is 11.8 Å². The second-order valence-corrected chi connectivity index (χ2v) is 10.4. The lowest BCUT2D eigenvalue weighted by Gasteiger charge is -2.27. The maximum atomic E-state index is 10.8. The smallest absolute Gasteiger partial charge is 0.227 e. The Balaban J connectivity index is 1.66. The Morgan fingerprint density at radius 1 is 1.08 bits per heavy atom. The number of aliphatic hydroxyl groups is 1. The molecule has 4 rings (SSSR count). The van der Waals surface area contributed by atoms with Gasteiger partial charge in [0.15, 0.2) is 0 Å². The van der Waals surface area contributed by atoms with Crippen LogP contribution in [0, 0.1) is 0 Å². The number of aliphatic hydroxyl groups excluding tert-OH is 1. The molecule has 0 spiro atoms. The summed E-state index contributed by atoms with van der Waals surface area (Å²) in [5.41, 5.74) is 2.69. The predicted molar refractivity (Wildman–Crippen MR) is 141 cm³/mol. The molecule has 7 nitrogen and oxygen atoms in total. The summed E-state index contributed by atoms with van der Waals surface area (Å²) in [7, 11) is 1.65. The van der Waals surface area contributed by atoms with Gasteiger partial charge < -0.3 is 19.3 Å². The monoisotopic (exact) mass is 493 g/mol. The molecule has 0 bridgehead atoms. The molecule has 0 unspecified atom stereocenters. The van der Waals surface area contributed by atoms with Crippen molar-refractivity contribution in [1.82, 2.24) is 14.7 Å². The van der Waals surface area contributed by atoms with E-state index in [9.17, 15) is 5.11 Å². The van der Waals surface area contributed by atoms with E-state index in [1.807, 2.05) is 80.1 Å². The molecular weight excluding hydrogens is 454 g/mol. The molecule has 0 amide bonds. The fourth-order valence-electron chi connectivity index (χ4n) is 4.20. The molecule has 36 heavy (non-hydrogen) atoms. The number of ether oxygens (including phenoxy) is 3. The Morgan fingerprint density at radius 3 is 2.44 bits per heavy atom. The van der Waals surface area contributed by atoms with Gasteiger partial charge in [-0.1, -0.05) is 31.2 Å². The average Bonchev–Trinajstić information content (AvgIpc) is 3.66. The Labute approximate surface area is 214 Å². The Bertz CT molecular complexity index is 1120. The Kier molecular flexibility index (Phi) is 8.34. The number of hydrogen-bond donors (Lipinski definition) is 1. The third-order valence-electron chi connectivity index (χ3n) is 6.19. The molecule has 1 aliphatic carbocycles. The first-order chi connectivity index (χ1) is 17.3. The van der Waals surface area contributed by atoms with Crippen LogP contribution in [0.5, 0.6) is 17.4 Å². The molecule has 0 saturated heterocycles. The van der Waals surface area contributed by atoms with Crippen molar-refractivity contribution in [2.24, 2.45) is 0 Å². The maximum Gasteiger partial charge on any atom is 0.227 e. The molecule has 1 fully saturated rings. The molecule has 0 radical (unpaired) electrons.